The van der Waals surface area contributed by atoms with E-state index >= 15 is 4.39 Å². The van der Waals surface area contributed by atoms with Crippen LogP contribution in [0.25, 0.3) is 10.9 Å². The lowest BCUT2D eigenvalue weighted by atomic mass is 9.60. The van der Waals surface area contributed by atoms with Crippen molar-refractivity contribution in [2.45, 2.75) is 44.7 Å². The van der Waals surface area contributed by atoms with Crippen LogP contribution in [-0.4, -0.2) is 34.3 Å². The number of rotatable bonds is 2. The zero-order chi connectivity index (χ0) is 22.3. The normalized spacial score (nSPS) is 29.6. The second-order valence-electron chi connectivity index (χ2n) is 10.4. The molecule has 1 aromatic heterocycles. The Morgan fingerprint density at radius 3 is 2.61 bits per heavy atom. The summed E-state index contributed by atoms with van der Waals surface area (Å²) in [5.74, 6) is -0.648. The van der Waals surface area contributed by atoms with E-state index in [9.17, 15) is 14.7 Å². The minimum absolute atomic E-state index is 0.0877. The van der Waals surface area contributed by atoms with E-state index < -0.39 is 22.8 Å². The molecule has 2 bridgehead atoms. The zero-order valence-electron chi connectivity index (χ0n) is 18.1. The first-order chi connectivity index (χ1) is 14.5. The van der Waals surface area contributed by atoms with Crippen LogP contribution in [0.5, 0.6) is 0 Å². The number of carboxylic acid groups (broad SMARTS) is 1. The Balaban J connectivity index is 1.65. The Bertz CT molecular complexity index is 1200. The van der Waals surface area contributed by atoms with Crippen LogP contribution in [0.4, 0.5) is 10.1 Å². The average molecular weight is 426 g/mol. The van der Waals surface area contributed by atoms with Crippen molar-refractivity contribution in [2.75, 3.05) is 18.0 Å². The van der Waals surface area contributed by atoms with E-state index in [1.54, 1.807) is 10.6 Å². The highest BCUT2D eigenvalue weighted by Crippen LogP contribution is 2.50. The molecule has 6 rings (SSSR count). The van der Waals surface area contributed by atoms with E-state index in [0.29, 0.717) is 29.6 Å². The maximum atomic E-state index is 15.3. The van der Waals surface area contributed by atoms with Crippen LogP contribution in [0.3, 0.4) is 0 Å². The lowest BCUT2D eigenvalue weighted by Gasteiger charge is -2.47. The number of aromatic carboxylic acids is 1. The number of carboxylic acids is 1. The fraction of sp³-hybridized carbons (Fsp3) is 0.500. The maximum Gasteiger partial charge on any atom is 0.341 e. The number of anilines is 1. The number of nitrogens with two attached hydrogens (primary N) is 1. The lowest BCUT2D eigenvalue weighted by Crippen LogP contribution is -2.55. The maximum absolute atomic E-state index is 15.3. The summed E-state index contributed by atoms with van der Waals surface area (Å²) in [6.07, 6.45) is 7.79. The summed E-state index contributed by atoms with van der Waals surface area (Å²) in [4.78, 5) is 26.4. The molecule has 1 aliphatic heterocycles. The Morgan fingerprint density at radius 1 is 1.29 bits per heavy atom. The number of allylic oxidation sites excluding steroid dienone is 1. The number of aromatic nitrogens is 1. The van der Waals surface area contributed by atoms with Gasteiger partial charge in [-0.05, 0) is 57.6 Å². The van der Waals surface area contributed by atoms with E-state index in [1.807, 2.05) is 20.8 Å². The molecule has 6 nitrogen and oxygen atoms in total. The van der Waals surface area contributed by atoms with Crippen LogP contribution < -0.4 is 16.1 Å². The van der Waals surface area contributed by atoms with Gasteiger partial charge in [-0.25, -0.2) is 9.18 Å². The van der Waals surface area contributed by atoms with Crippen LogP contribution in [0.15, 0.2) is 35.3 Å². The summed E-state index contributed by atoms with van der Waals surface area (Å²) in [6, 6.07) is 2.91. The summed E-state index contributed by atoms with van der Waals surface area (Å²) in [5.41, 5.74) is 5.84. The molecule has 4 atom stereocenters. The highest BCUT2D eigenvalue weighted by molar-refractivity contribution is 5.93. The minimum Gasteiger partial charge on any atom is -0.477 e. The van der Waals surface area contributed by atoms with Crippen LogP contribution in [0, 0.1) is 23.6 Å². The van der Waals surface area contributed by atoms with Crippen LogP contribution in [-0.2, 0) is 5.54 Å². The summed E-state index contributed by atoms with van der Waals surface area (Å²) >= 11 is 0. The summed E-state index contributed by atoms with van der Waals surface area (Å²) < 4.78 is 17.1. The van der Waals surface area contributed by atoms with E-state index in [0.717, 1.165) is 19.4 Å². The van der Waals surface area contributed by atoms with Gasteiger partial charge in [-0.15, -0.1) is 0 Å². The number of benzene rings is 1. The van der Waals surface area contributed by atoms with Gasteiger partial charge in [0.15, 0.2) is 0 Å². The number of pyridine rings is 1. The van der Waals surface area contributed by atoms with E-state index in [2.05, 4.69) is 17.1 Å². The second-order valence-corrected chi connectivity index (χ2v) is 10.4. The van der Waals surface area contributed by atoms with Crippen LogP contribution in [0.2, 0.25) is 0 Å². The molecule has 164 valence electrons. The number of halogens is 1. The molecule has 4 unspecified atom stereocenters. The Hall–Kier alpha value is -2.67. The third kappa shape index (κ3) is 2.93. The molecule has 0 amide bonds. The zero-order valence-corrected chi connectivity index (χ0v) is 18.1. The lowest BCUT2D eigenvalue weighted by molar-refractivity contribution is 0.0694. The number of fused-ring (bicyclic) bond motifs is 2. The van der Waals surface area contributed by atoms with Crippen molar-refractivity contribution in [2.24, 2.45) is 23.5 Å². The highest BCUT2D eigenvalue weighted by atomic mass is 19.1. The van der Waals surface area contributed by atoms with Gasteiger partial charge in [-0.3, -0.25) is 4.79 Å². The molecule has 1 aromatic carbocycles. The Kier molecular flexibility index (Phi) is 4.19. The molecule has 31 heavy (non-hydrogen) atoms. The first-order valence-corrected chi connectivity index (χ1v) is 10.9. The van der Waals surface area contributed by atoms with Crippen molar-refractivity contribution in [3.63, 3.8) is 0 Å². The van der Waals surface area contributed by atoms with Crippen molar-refractivity contribution >= 4 is 22.6 Å². The monoisotopic (exact) mass is 425 g/mol. The molecule has 2 aromatic rings. The topological polar surface area (TPSA) is 88.6 Å². The van der Waals surface area contributed by atoms with E-state index in [1.165, 1.54) is 12.3 Å². The molecule has 0 radical (unpaired) electrons. The fourth-order valence-electron chi connectivity index (χ4n) is 5.88. The minimum atomic E-state index is -1.31. The Labute approximate surface area is 180 Å². The molecule has 3 N–H and O–H groups in total. The van der Waals surface area contributed by atoms with E-state index in [-0.39, 0.29) is 22.4 Å². The first kappa shape index (κ1) is 20.2. The third-order valence-electron chi connectivity index (χ3n) is 7.54. The first-order valence-electron chi connectivity index (χ1n) is 10.9. The van der Waals surface area contributed by atoms with Gasteiger partial charge in [-0.1, -0.05) is 12.2 Å². The van der Waals surface area contributed by atoms with Gasteiger partial charge >= 0.3 is 5.97 Å². The van der Waals surface area contributed by atoms with Gasteiger partial charge in [0.25, 0.3) is 0 Å². The van der Waals surface area contributed by atoms with E-state index in [4.69, 9.17) is 5.73 Å². The van der Waals surface area contributed by atoms with Gasteiger partial charge < -0.3 is 20.3 Å². The molecule has 1 saturated carbocycles. The SMILES string of the molecule is CC(C)(C)n1cc(C(=O)O)c(=O)c2cc(F)c(N3CC4C5C=CC(N)(CC5)C4C3)cc21. The van der Waals surface area contributed by atoms with Crippen molar-refractivity contribution in [3.05, 3.63) is 52.1 Å². The van der Waals surface area contributed by atoms with Gasteiger partial charge in [0.05, 0.1) is 11.2 Å². The molecule has 3 aliphatic carbocycles. The summed E-state index contributed by atoms with van der Waals surface area (Å²) in [6.45, 7) is 7.19. The summed E-state index contributed by atoms with van der Waals surface area (Å²) in [5, 5.41) is 9.56. The largest absolute Gasteiger partial charge is 0.477 e. The molecule has 4 aliphatic rings. The molecule has 2 fully saturated rings. The highest BCUT2D eigenvalue weighted by Gasteiger charge is 2.52. The quantitative estimate of drug-likeness (QED) is 0.721. The van der Waals surface area contributed by atoms with Gasteiger partial charge in [0, 0.05) is 41.7 Å². The van der Waals surface area contributed by atoms with Crippen LogP contribution >= 0.6 is 0 Å². The van der Waals surface area contributed by atoms with Crippen molar-refractivity contribution in [1.82, 2.24) is 4.57 Å². The molecular formula is C24H28FN3O3. The number of hydrogen-bond donors (Lipinski definition) is 2. The fourth-order valence-corrected chi connectivity index (χ4v) is 5.88. The van der Waals surface area contributed by atoms with Crippen LogP contribution in [0.1, 0.15) is 44.0 Å². The molecule has 1 saturated heterocycles. The number of carbonyl (C=O) groups is 1. The Morgan fingerprint density at radius 2 is 2.03 bits per heavy atom. The molecule has 2 heterocycles. The molecular weight excluding hydrogens is 397 g/mol. The number of nitrogens with zero attached hydrogens (tertiary/aromatic N) is 2. The van der Waals surface area contributed by atoms with Crippen molar-refractivity contribution in [1.29, 1.82) is 0 Å². The van der Waals surface area contributed by atoms with Crippen molar-refractivity contribution < 1.29 is 14.3 Å². The number of hydrogen-bond acceptors (Lipinski definition) is 4. The average Bonchev–Trinajstić information content (AvgIpc) is 3.15. The van der Waals surface area contributed by atoms with Gasteiger partial charge in [-0.2, -0.15) is 0 Å². The predicted octanol–water partition coefficient (Wildman–Crippen LogP) is 3.32. The second kappa shape index (κ2) is 6.42. The summed E-state index contributed by atoms with van der Waals surface area (Å²) in [7, 11) is 0. The van der Waals surface area contributed by atoms with Gasteiger partial charge in [0.1, 0.15) is 11.4 Å². The molecule has 0 spiro atoms. The molecule has 7 heteroatoms. The van der Waals surface area contributed by atoms with Gasteiger partial charge in [0.2, 0.25) is 5.43 Å². The smallest absolute Gasteiger partial charge is 0.341 e. The standard InChI is InChI=1S/C24H28FN3O3/c1-23(2,3)28-11-16(22(30)31)21(29)14-8-18(25)20(9-19(14)28)27-10-15-13-4-6-24(26,7-5-13)17(15)12-27/h4,6,8-9,11,13,15,17H,5,7,10,12,26H2,1-3H3,(H,30,31). The third-order valence-corrected chi connectivity index (χ3v) is 7.54. The predicted molar refractivity (Wildman–Crippen MR) is 118 cm³/mol. The van der Waals surface area contributed by atoms with Crippen molar-refractivity contribution in [3.8, 4) is 0 Å².